The van der Waals surface area contributed by atoms with Gasteiger partial charge in [0.1, 0.15) is 0 Å². The lowest BCUT2D eigenvalue weighted by molar-refractivity contribution is 0.600. The van der Waals surface area contributed by atoms with Crippen LogP contribution in [0.4, 0.5) is 5.82 Å². The molecule has 23 heavy (non-hydrogen) atoms. The first-order chi connectivity index (χ1) is 11.0. The maximum atomic E-state index is 12.3. The van der Waals surface area contributed by atoms with Crippen LogP contribution in [0.3, 0.4) is 0 Å². The van der Waals surface area contributed by atoms with Gasteiger partial charge in [-0.1, -0.05) is 41.9 Å². The van der Waals surface area contributed by atoms with Crippen LogP contribution in [0.2, 0.25) is 5.02 Å². The molecule has 3 rings (SSSR count). The minimum Gasteiger partial charge on any atom is -0.266 e. The van der Waals surface area contributed by atoms with Crippen molar-refractivity contribution in [3.05, 3.63) is 77.4 Å². The Kier molecular flexibility index (Phi) is 4.36. The van der Waals surface area contributed by atoms with Gasteiger partial charge < -0.3 is 0 Å². The lowest BCUT2D eigenvalue weighted by Crippen LogP contribution is -2.13. The van der Waals surface area contributed by atoms with Gasteiger partial charge in [-0.3, -0.25) is 9.40 Å². The minimum absolute atomic E-state index is 0.138. The van der Waals surface area contributed by atoms with Crippen molar-refractivity contribution in [3.63, 3.8) is 0 Å². The van der Waals surface area contributed by atoms with Gasteiger partial charge in [0.2, 0.25) is 0 Å². The molecule has 0 aliphatic carbocycles. The molecule has 3 aromatic rings. The molecule has 5 nitrogen and oxygen atoms in total. The lowest BCUT2D eigenvalue weighted by atomic mass is 10.2. The molecule has 0 amide bonds. The molecule has 0 atom stereocenters. The van der Waals surface area contributed by atoms with Crippen LogP contribution in [0.25, 0.3) is 0 Å². The molecule has 7 heteroatoms. The fourth-order valence-electron chi connectivity index (χ4n) is 2.08. The van der Waals surface area contributed by atoms with Crippen molar-refractivity contribution in [2.75, 3.05) is 4.72 Å². The summed E-state index contributed by atoms with van der Waals surface area (Å²) >= 11 is 5.77. The molecule has 1 N–H and O–H groups in total. The first kappa shape index (κ1) is 15.6. The highest BCUT2D eigenvalue weighted by atomic mass is 35.5. The first-order valence-corrected chi connectivity index (χ1v) is 8.75. The fraction of sp³-hybridized carbons (Fsp3) is 0.0625. The molecule has 0 saturated carbocycles. The zero-order valence-corrected chi connectivity index (χ0v) is 13.6. The number of aromatic nitrogens is 2. The Morgan fingerprint density at radius 2 is 1.70 bits per heavy atom. The Labute approximate surface area is 139 Å². The summed E-state index contributed by atoms with van der Waals surface area (Å²) in [5, 5.41) is 4.72. The van der Waals surface area contributed by atoms with E-state index in [2.05, 4.69) is 9.82 Å². The van der Waals surface area contributed by atoms with Gasteiger partial charge in [0.25, 0.3) is 10.0 Å². The number of halogens is 1. The van der Waals surface area contributed by atoms with E-state index in [0.29, 0.717) is 11.6 Å². The molecule has 1 aromatic heterocycles. The van der Waals surface area contributed by atoms with Crippen molar-refractivity contribution in [2.45, 2.75) is 11.4 Å². The van der Waals surface area contributed by atoms with Crippen LogP contribution in [-0.4, -0.2) is 18.2 Å². The Hall–Kier alpha value is -2.31. The van der Waals surface area contributed by atoms with Crippen molar-refractivity contribution in [3.8, 4) is 0 Å². The van der Waals surface area contributed by atoms with Crippen LogP contribution >= 0.6 is 11.6 Å². The molecule has 1 heterocycles. The Morgan fingerprint density at radius 3 is 2.39 bits per heavy atom. The highest BCUT2D eigenvalue weighted by Gasteiger charge is 2.15. The first-order valence-electron chi connectivity index (χ1n) is 6.89. The van der Waals surface area contributed by atoms with E-state index in [1.807, 2.05) is 30.3 Å². The van der Waals surface area contributed by atoms with Crippen molar-refractivity contribution < 1.29 is 8.42 Å². The normalized spacial score (nSPS) is 11.3. The molecule has 2 aromatic carbocycles. The summed E-state index contributed by atoms with van der Waals surface area (Å²) in [6.45, 7) is 0.573. The number of nitrogens with zero attached hydrogens (tertiary/aromatic N) is 2. The number of rotatable bonds is 5. The van der Waals surface area contributed by atoms with E-state index < -0.39 is 10.0 Å². The summed E-state index contributed by atoms with van der Waals surface area (Å²) in [4.78, 5) is 0.138. The summed E-state index contributed by atoms with van der Waals surface area (Å²) < 4.78 is 28.7. The zero-order chi connectivity index (χ0) is 16.3. The van der Waals surface area contributed by atoms with Gasteiger partial charge in [0, 0.05) is 17.3 Å². The second-order valence-corrected chi connectivity index (χ2v) is 7.06. The Morgan fingerprint density at radius 1 is 1.00 bits per heavy atom. The fourth-order valence-corrected chi connectivity index (χ4v) is 3.21. The number of hydrogen-bond acceptors (Lipinski definition) is 3. The summed E-state index contributed by atoms with van der Waals surface area (Å²) in [5.74, 6) is 0.274. The number of sulfonamides is 1. The monoisotopic (exact) mass is 347 g/mol. The topological polar surface area (TPSA) is 64.0 Å². The molecular weight excluding hydrogens is 334 g/mol. The van der Waals surface area contributed by atoms with Crippen LogP contribution in [-0.2, 0) is 16.6 Å². The van der Waals surface area contributed by atoms with E-state index in [9.17, 15) is 8.42 Å². The Bertz CT molecular complexity index is 891. The second-order valence-electron chi connectivity index (χ2n) is 4.94. The van der Waals surface area contributed by atoms with Gasteiger partial charge in [-0.25, -0.2) is 8.42 Å². The van der Waals surface area contributed by atoms with Crippen LogP contribution in [0.15, 0.2) is 71.8 Å². The molecule has 0 saturated heterocycles. The molecule has 0 unspecified atom stereocenters. The van der Waals surface area contributed by atoms with Crippen LogP contribution in [0, 0.1) is 0 Å². The van der Waals surface area contributed by atoms with E-state index in [-0.39, 0.29) is 10.7 Å². The summed E-state index contributed by atoms with van der Waals surface area (Å²) in [7, 11) is -3.67. The van der Waals surface area contributed by atoms with Crippen molar-refractivity contribution >= 4 is 27.4 Å². The van der Waals surface area contributed by atoms with Gasteiger partial charge in [-0.05, 0) is 29.8 Å². The minimum atomic E-state index is -3.67. The van der Waals surface area contributed by atoms with E-state index >= 15 is 0 Å². The summed E-state index contributed by atoms with van der Waals surface area (Å²) in [6.07, 6.45) is 1.73. The number of anilines is 1. The average Bonchev–Trinajstić information content (AvgIpc) is 2.95. The molecule has 118 valence electrons. The van der Waals surface area contributed by atoms with Gasteiger partial charge in [0.15, 0.2) is 5.82 Å². The van der Waals surface area contributed by atoms with Gasteiger partial charge >= 0.3 is 0 Å². The van der Waals surface area contributed by atoms with Crippen molar-refractivity contribution in [2.24, 2.45) is 0 Å². The van der Waals surface area contributed by atoms with E-state index in [0.717, 1.165) is 5.56 Å². The largest absolute Gasteiger partial charge is 0.266 e. The van der Waals surface area contributed by atoms with Gasteiger partial charge in [-0.2, -0.15) is 5.10 Å². The van der Waals surface area contributed by atoms with E-state index in [1.54, 1.807) is 16.9 Å². The number of nitrogens with one attached hydrogen (secondary N) is 1. The van der Waals surface area contributed by atoms with Crippen molar-refractivity contribution in [1.29, 1.82) is 0 Å². The molecule has 0 bridgehead atoms. The molecule has 0 fully saturated rings. The van der Waals surface area contributed by atoms with Crippen molar-refractivity contribution in [1.82, 2.24) is 9.78 Å². The average molecular weight is 348 g/mol. The standard InChI is InChI=1S/C16H14ClN3O2S/c17-14-6-8-15(9-7-14)23(21,22)19-16-10-11-20(18-16)12-13-4-2-1-3-5-13/h1-11H,12H2,(H,18,19). The molecular formula is C16H14ClN3O2S. The maximum Gasteiger partial charge on any atom is 0.263 e. The second kappa shape index (κ2) is 6.44. The third-order valence-corrected chi connectivity index (χ3v) is 4.81. The highest BCUT2D eigenvalue weighted by molar-refractivity contribution is 7.92. The highest BCUT2D eigenvalue weighted by Crippen LogP contribution is 2.17. The summed E-state index contributed by atoms with van der Waals surface area (Å²) in [6, 6.07) is 17.4. The SMILES string of the molecule is O=S(=O)(Nc1ccn(Cc2ccccc2)n1)c1ccc(Cl)cc1. The molecule has 0 aliphatic heterocycles. The van der Waals surface area contributed by atoms with Crippen LogP contribution in [0.1, 0.15) is 5.56 Å². The lowest BCUT2D eigenvalue weighted by Gasteiger charge is -2.05. The smallest absolute Gasteiger partial charge is 0.263 e. The van der Waals surface area contributed by atoms with E-state index in [4.69, 9.17) is 11.6 Å². The predicted molar refractivity (Wildman–Crippen MR) is 90.0 cm³/mol. The summed E-state index contributed by atoms with van der Waals surface area (Å²) in [5.41, 5.74) is 1.09. The maximum absolute atomic E-state index is 12.3. The quantitative estimate of drug-likeness (QED) is 0.769. The number of hydrogen-bond donors (Lipinski definition) is 1. The Balaban J connectivity index is 1.74. The number of benzene rings is 2. The predicted octanol–water partition coefficient (Wildman–Crippen LogP) is 3.39. The molecule has 0 spiro atoms. The zero-order valence-electron chi connectivity index (χ0n) is 12.1. The van der Waals surface area contributed by atoms with Gasteiger partial charge in [0.05, 0.1) is 11.4 Å². The molecule has 0 radical (unpaired) electrons. The van der Waals surface area contributed by atoms with Gasteiger partial charge in [-0.15, -0.1) is 0 Å². The third-order valence-electron chi connectivity index (χ3n) is 3.19. The molecule has 0 aliphatic rings. The third kappa shape index (κ3) is 3.91. The van der Waals surface area contributed by atoms with Crippen LogP contribution in [0.5, 0.6) is 0 Å². The van der Waals surface area contributed by atoms with E-state index in [1.165, 1.54) is 24.3 Å². The van der Waals surface area contributed by atoms with Crippen LogP contribution < -0.4 is 4.72 Å².